The van der Waals surface area contributed by atoms with E-state index >= 15 is 0 Å². The Morgan fingerprint density at radius 2 is 2.22 bits per heavy atom. The zero-order chi connectivity index (χ0) is 13.0. The van der Waals surface area contributed by atoms with Crippen LogP contribution in [0.25, 0.3) is 0 Å². The highest BCUT2D eigenvalue weighted by molar-refractivity contribution is 7.08. The van der Waals surface area contributed by atoms with Crippen molar-refractivity contribution >= 4 is 17.4 Å². The molecule has 6 heteroatoms. The number of amides is 1. The van der Waals surface area contributed by atoms with Crippen molar-refractivity contribution in [3.8, 4) is 0 Å². The number of hydrogen-bond donors (Lipinski definition) is 2. The molecule has 2 rings (SSSR count). The molecule has 0 aromatic carbocycles. The topological polar surface area (TPSA) is 75.1 Å². The van der Waals surface area contributed by atoms with E-state index < -0.39 is 0 Å². The van der Waals surface area contributed by atoms with Crippen LogP contribution in [0.5, 0.6) is 0 Å². The van der Waals surface area contributed by atoms with Crippen LogP contribution in [0.3, 0.4) is 0 Å². The minimum Gasteiger partial charge on any atom is -0.396 e. The molecule has 1 saturated carbocycles. The van der Waals surface area contributed by atoms with Gasteiger partial charge >= 0.3 is 0 Å². The van der Waals surface area contributed by atoms with E-state index in [1.165, 1.54) is 0 Å². The number of aliphatic hydroxyl groups is 1. The molecule has 1 fully saturated rings. The Balaban J connectivity index is 1.96. The van der Waals surface area contributed by atoms with Gasteiger partial charge in [-0.2, -0.15) is 0 Å². The molecule has 0 unspecified atom stereocenters. The fraction of sp³-hybridized carbons (Fsp3) is 0.750. The van der Waals surface area contributed by atoms with Crippen molar-refractivity contribution in [3.05, 3.63) is 10.6 Å². The van der Waals surface area contributed by atoms with Gasteiger partial charge in [0.25, 0.3) is 5.91 Å². The summed E-state index contributed by atoms with van der Waals surface area (Å²) in [5, 5.41) is 16.3. The predicted molar refractivity (Wildman–Crippen MR) is 69.6 cm³/mol. The number of hydrogen-bond acceptors (Lipinski definition) is 5. The average Bonchev–Trinajstić information content (AvgIpc) is 3.05. The molecule has 0 aliphatic heterocycles. The number of aryl methyl sites for hydroxylation is 1. The van der Waals surface area contributed by atoms with Crippen LogP contribution in [0.1, 0.15) is 48.0 Å². The maximum Gasteiger partial charge on any atom is 0.264 e. The van der Waals surface area contributed by atoms with E-state index in [0.29, 0.717) is 17.8 Å². The van der Waals surface area contributed by atoms with Gasteiger partial charge in [-0.15, -0.1) is 5.10 Å². The minimum atomic E-state index is -0.111. The van der Waals surface area contributed by atoms with E-state index in [2.05, 4.69) is 14.9 Å². The maximum absolute atomic E-state index is 12.0. The van der Waals surface area contributed by atoms with Gasteiger partial charge < -0.3 is 10.4 Å². The molecule has 0 radical (unpaired) electrons. The van der Waals surface area contributed by atoms with Gasteiger partial charge in [0.05, 0.1) is 12.3 Å². The van der Waals surface area contributed by atoms with E-state index in [4.69, 9.17) is 0 Å². The lowest BCUT2D eigenvalue weighted by Gasteiger charge is -2.26. The normalized spacial score (nSPS) is 17.9. The molecule has 1 aliphatic rings. The second-order valence-corrected chi connectivity index (χ2v) is 5.70. The summed E-state index contributed by atoms with van der Waals surface area (Å²) in [4.78, 5) is 12.6. The van der Waals surface area contributed by atoms with Crippen LogP contribution in [0.2, 0.25) is 0 Å². The molecular weight excluding hydrogens is 250 g/mol. The molecule has 5 nitrogen and oxygen atoms in total. The van der Waals surface area contributed by atoms with Gasteiger partial charge in [0, 0.05) is 12.0 Å². The number of aliphatic hydroxyl groups excluding tert-OH is 1. The summed E-state index contributed by atoms with van der Waals surface area (Å²) in [5.41, 5.74) is 0.641. The van der Waals surface area contributed by atoms with Crippen LogP contribution in [0, 0.1) is 5.41 Å². The predicted octanol–water partition coefficient (Wildman–Crippen LogP) is 1.38. The second kappa shape index (κ2) is 5.75. The first-order valence-corrected chi connectivity index (χ1v) is 7.18. The van der Waals surface area contributed by atoms with Crippen molar-refractivity contribution in [2.24, 2.45) is 5.41 Å². The summed E-state index contributed by atoms with van der Waals surface area (Å²) in [6.07, 6.45) is 4.97. The van der Waals surface area contributed by atoms with Gasteiger partial charge in [0.2, 0.25) is 0 Å². The third-order valence-electron chi connectivity index (χ3n) is 3.72. The molecule has 0 saturated heterocycles. The van der Waals surface area contributed by atoms with Crippen molar-refractivity contribution in [2.45, 2.75) is 39.0 Å². The quantitative estimate of drug-likeness (QED) is 0.847. The molecule has 100 valence electrons. The molecule has 1 amide bonds. The van der Waals surface area contributed by atoms with E-state index in [1.807, 2.05) is 6.92 Å². The first-order chi connectivity index (χ1) is 8.71. The summed E-state index contributed by atoms with van der Waals surface area (Å²) in [7, 11) is 0. The Hall–Kier alpha value is -1.01. The SMILES string of the molecule is CCc1nnsc1C(=O)NCC1(CO)CCCC1. The molecule has 0 bridgehead atoms. The van der Waals surface area contributed by atoms with Crippen molar-refractivity contribution in [1.82, 2.24) is 14.9 Å². The number of nitrogens with one attached hydrogen (secondary N) is 1. The minimum absolute atomic E-state index is 0.110. The first kappa shape index (κ1) is 13.4. The highest BCUT2D eigenvalue weighted by Crippen LogP contribution is 2.36. The molecule has 1 aromatic heterocycles. The van der Waals surface area contributed by atoms with E-state index in [9.17, 15) is 9.90 Å². The molecule has 0 atom stereocenters. The van der Waals surface area contributed by atoms with Crippen LogP contribution >= 0.6 is 11.5 Å². The van der Waals surface area contributed by atoms with Gasteiger partial charge in [-0.1, -0.05) is 24.3 Å². The van der Waals surface area contributed by atoms with E-state index in [-0.39, 0.29) is 17.9 Å². The Morgan fingerprint density at radius 1 is 1.50 bits per heavy atom. The van der Waals surface area contributed by atoms with Crippen LogP contribution in [0.15, 0.2) is 0 Å². The van der Waals surface area contributed by atoms with Crippen LogP contribution in [0.4, 0.5) is 0 Å². The van der Waals surface area contributed by atoms with Crippen molar-refractivity contribution < 1.29 is 9.90 Å². The Bertz CT molecular complexity index is 413. The molecular formula is C12H19N3O2S. The summed E-state index contributed by atoms with van der Waals surface area (Å²) in [6, 6.07) is 0. The van der Waals surface area contributed by atoms with Crippen LogP contribution < -0.4 is 5.32 Å². The summed E-state index contributed by atoms with van der Waals surface area (Å²) in [6.45, 7) is 2.65. The number of rotatable bonds is 5. The van der Waals surface area contributed by atoms with Gasteiger partial charge in [-0.05, 0) is 30.8 Å². The molecule has 18 heavy (non-hydrogen) atoms. The number of carbonyl (C=O) groups excluding carboxylic acids is 1. The first-order valence-electron chi connectivity index (χ1n) is 6.41. The monoisotopic (exact) mass is 269 g/mol. The number of aromatic nitrogens is 2. The van der Waals surface area contributed by atoms with Gasteiger partial charge in [0.1, 0.15) is 4.88 Å². The standard InChI is InChI=1S/C12H19N3O2S/c1-2-9-10(18-15-14-9)11(17)13-7-12(8-16)5-3-4-6-12/h16H,2-8H2,1H3,(H,13,17). The zero-order valence-corrected chi connectivity index (χ0v) is 11.4. The lowest BCUT2D eigenvalue weighted by atomic mass is 9.87. The molecule has 1 heterocycles. The van der Waals surface area contributed by atoms with Crippen LogP contribution in [-0.2, 0) is 6.42 Å². The largest absolute Gasteiger partial charge is 0.396 e. The van der Waals surface area contributed by atoms with E-state index in [1.54, 1.807) is 0 Å². The summed E-state index contributed by atoms with van der Waals surface area (Å²) < 4.78 is 3.81. The number of nitrogens with zero attached hydrogens (tertiary/aromatic N) is 2. The summed E-state index contributed by atoms with van der Waals surface area (Å²) in [5.74, 6) is -0.110. The maximum atomic E-state index is 12.0. The highest BCUT2D eigenvalue weighted by Gasteiger charge is 2.33. The molecule has 0 spiro atoms. The van der Waals surface area contributed by atoms with Crippen molar-refractivity contribution in [1.29, 1.82) is 0 Å². The van der Waals surface area contributed by atoms with Crippen LogP contribution in [-0.4, -0.2) is 33.8 Å². The van der Waals surface area contributed by atoms with Gasteiger partial charge in [-0.25, -0.2) is 0 Å². The Morgan fingerprint density at radius 3 is 2.83 bits per heavy atom. The zero-order valence-electron chi connectivity index (χ0n) is 10.6. The third-order valence-corrected chi connectivity index (χ3v) is 4.49. The lowest BCUT2D eigenvalue weighted by Crippen LogP contribution is -2.38. The number of carbonyl (C=O) groups is 1. The van der Waals surface area contributed by atoms with Crippen molar-refractivity contribution in [2.75, 3.05) is 13.2 Å². The second-order valence-electron chi connectivity index (χ2n) is 4.95. The fourth-order valence-electron chi connectivity index (χ4n) is 2.48. The third kappa shape index (κ3) is 2.70. The smallest absolute Gasteiger partial charge is 0.264 e. The Kier molecular flexibility index (Phi) is 4.29. The lowest BCUT2D eigenvalue weighted by molar-refractivity contribution is 0.0883. The molecule has 1 aromatic rings. The van der Waals surface area contributed by atoms with E-state index in [0.717, 1.165) is 42.9 Å². The van der Waals surface area contributed by atoms with Gasteiger partial charge in [-0.3, -0.25) is 4.79 Å². The molecule has 1 aliphatic carbocycles. The average molecular weight is 269 g/mol. The van der Waals surface area contributed by atoms with Crippen molar-refractivity contribution in [3.63, 3.8) is 0 Å². The fourth-order valence-corrected chi connectivity index (χ4v) is 3.14. The van der Waals surface area contributed by atoms with Gasteiger partial charge in [0.15, 0.2) is 0 Å². The Labute approximate surface area is 111 Å². The summed E-state index contributed by atoms with van der Waals surface area (Å²) >= 11 is 1.14. The molecule has 2 N–H and O–H groups in total. The highest BCUT2D eigenvalue weighted by atomic mass is 32.1.